The molecule has 0 unspecified atom stereocenters. The predicted octanol–water partition coefficient (Wildman–Crippen LogP) is 2.41. The number of nitrogens with zero attached hydrogens (tertiary/aromatic N) is 2. The SMILES string of the molecule is CC1(C)OB(c2ccc(N3CC[C@@H](F)C3)c(C#N)c2)OC1(C)C. The molecule has 0 saturated carbocycles. The molecule has 23 heavy (non-hydrogen) atoms. The molecule has 2 aliphatic heterocycles. The molecule has 122 valence electrons. The highest BCUT2D eigenvalue weighted by molar-refractivity contribution is 6.62. The Balaban J connectivity index is 1.88. The molecule has 2 aliphatic rings. The molecule has 0 bridgehead atoms. The molecule has 0 aliphatic carbocycles. The third kappa shape index (κ3) is 2.84. The molecule has 3 rings (SSSR count). The van der Waals surface area contributed by atoms with Gasteiger partial charge in [0.05, 0.1) is 22.5 Å². The van der Waals surface area contributed by atoms with Crippen LogP contribution in [0.2, 0.25) is 0 Å². The van der Waals surface area contributed by atoms with E-state index in [1.807, 2.05) is 44.7 Å². The number of rotatable bonds is 2. The van der Waals surface area contributed by atoms with Crippen LogP contribution >= 0.6 is 0 Å². The molecular weight excluding hydrogens is 294 g/mol. The van der Waals surface area contributed by atoms with Gasteiger partial charge in [-0.05, 0) is 51.7 Å². The number of nitriles is 1. The first-order valence-corrected chi connectivity index (χ1v) is 8.02. The molecule has 1 aromatic rings. The number of halogens is 1. The summed E-state index contributed by atoms with van der Waals surface area (Å²) in [4.78, 5) is 1.93. The summed E-state index contributed by atoms with van der Waals surface area (Å²) in [6.07, 6.45) is -0.298. The maximum atomic E-state index is 13.4. The van der Waals surface area contributed by atoms with Gasteiger partial charge in [-0.15, -0.1) is 0 Å². The molecule has 4 nitrogen and oxygen atoms in total. The summed E-state index contributed by atoms with van der Waals surface area (Å²) in [5.41, 5.74) is 1.30. The quantitative estimate of drug-likeness (QED) is 0.786. The highest BCUT2D eigenvalue weighted by atomic mass is 19.1. The Morgan fingerprint density at radius 3 is 2.43 bits per heavy atom. The van der Waals surface area contributed by atoms with Crippen LogP contribution in [0.25, 0.3) is 0 Å². The van der Waals surface area contributed by atoms with Crippen molar-refractivity contribution in [2.75, 3.05) is 18.0 Å². The Morgan fingerprint density at radius 1 is 1.26 bits per heavy atom. The summed E-state index contributed by atoms with van der Waals surface area (Å²) in [6.45, 7) is 8.99. The third-order valence-electron chi connectivity index (χ3n) is 5.14. The molecular formula is C17H22BFN2O2. The van der Waals surface area contributed by atoms with Gasteiger partial charge in [-0.25, -0.2) is 4.39 Å². The molecule has 6 heteroatoms. The van der Waals surface area contributed by atoms with E-state index in [1.165, 1.54) is 0 Å². The largest absolute Gasteiger partial charge is 0.494 e. The lowest BCUT2D eigenvalue weighted by molar-refractivity contribution is 0.00578. The minimum atomic E-state index is -0.815. The Morgan fingerprint density at radius 2 is 1.91 bits per heavy atom. The minimum Gasteiger partial charge on any atom is -0.399 e. The molecule has 1 aromatic carbocycles. The Bertz CT molecular complexity index is 640. The minimum absolute atomic E-state index is 0.352. The maximum absolute atomic E-state index is 13.4. The number of alkyl halides is 1. The van der Waals surface area contributed by atoms with Crippen molar-refractivity contribution in [2.45, 2.75) is 51.5 Å². The molecule has 2 saturated heterocycles. The van der Waals surface area contributed by atoms with Gasteiger partial charge in [0.2, 0.25) is 0 Å². The average molecular weight is 316 g/mol. The van der Waals surface area contributed by atoms with E-state index >= 15 is 0 Å². The van der Waals surface area contributed by atoms with Crippen LogP contribution in [0.4, 0.5) is 10.1 Å². The molecule has 0 amide bonds. The zero-order valence-corrected chi connectivity index (χ0v) is 14.1. The highest BCUT2D eigenvalue weighted by Gasteiger charge is 2.51. The molecule has 0 N–H and O–H groups in total. The molecule has 0 spiro atoms. The van der Waals surface area contributed by atoms with Crippen molar-refractivity contribution in [1.82, 2.24) is 0 Å². The van der Waals surface area contributed by atoms with Crippen LogP contribution in [0.5, 0.6) is 0 Å². The van der Waals surface area contributed by atoms with E-state index in [9.17, 15) is 9.65 Å². The summed E-state index contributed by atoms with van der Waals surface area (Å²) in [5, 5.41) is 9.47. The Labute approximate surface area is 137 Å². The highest BCUT2D eigenvalue weighted by Crippen LogP contribution is 2.36. The summed E-state index contributed by atoms with van der Waals surface area (Å²) >= 11 is 0. The molecule has 0 aromatic heterocycles. The van der Waals surface area contributed by atoms with Gasteiger partial charge in [-0.1, -0.05) is 6.07 Å². The van der Waals surface area contributed by atoms with Gasteiger partial charge in [0, 0.05) is 13.1 Å². The van der Waals surface area contributed by atoms with Gasteiger partial charge in [0.25, 0.3) is 0 Å². The van der Waals surface area contributed by atoms with E-state index in [0.717, 1.165) is 11.2 Å². The Hall–Kier alpha value is -1.58. The van der Waals surface area contributed by atoms with Crippen LogP contribution < -0.4 is 10.4 Å². The maximum Gasteiger partial charge on any atom is 0.494 e. The second-order valence-electron chi connectivity index (χ2n) is 7.31. The zero-order valence-electron chi connectivity index (χ0n) is 14.1. The number of hydrogen-bond donors (Lipinski definition) is 0. The topological polar surface area (TPSA) is 45.5 Å². The molecule has 1 atom stereocenters. The van der Waals surface area contributed by atoms with Crippen molar-refractivity contribution in [2.24, 2.45) is 0 Å². The van der Waals surface area contributed by atoms with Gasteiger partial charge in [0.1, 0.15) is 12.2 Å². The number of anilines is 1. The van der Waals surface area contributed by atoms with Crippen molar-refractivity contribution < 1.29 is 13.7 Å². The van der Waals surface area contributed by atoms with Crippen LogP contribution in [0.1, 0.15) is 39.7 Å². The first-order valence-electron chi connectivity index (χ1n) is 8.02. The van der Waals surface area contributed by atoms with Gasteiger partial charge in [-0.3, -0.25) is 0 Å². The lowest BCUT2D eigenvalue weighted by atomic mass is 9.78. The van der Waals surface area contributed by atoms with E-state index < -0.39 is 24.5 Å². The monoisotopic (exact) mass is 316 g/mol. The third-order valence-corrected chi connectivity index (χ3v) is 5.14. The lowest BCUT2D eigenvalue weighted by Crippen LogP contribution is -2.41. The molecule has 2 heterocycles. The molecule has 2 fully saturated rings. The zero-order chi connectivity index (χ0) is 16.8. The smallest absolute Gasteiger partial charge is 0.399 e. The van der Waals surface area contributed by atoms with Gasteiger partial charge >= 0.3 is 7.12 Å². The second-order valence-corrected chi connectivity index (χ2v) is 7.31. The summed E-state index contributed by atoms with van der Waals surface area (Å²) in [6, 6.07) is 7.79. The van der Waals surface area contributed by atoms with Crippen LogP contribution in [-0.2, 0) is 9.31 Å². The van der Waals surface area contributed by atoms with Crippen LogP contribution in [0.15, 0.2) is 18.2 Å². The van der Waals surface area contributed by atoms with Crippen LogP contribution in [0.3, 0.4) is 0 Å². The van der Waals surface area contributed by atoms with E-state index in [4.69, 9.17) is 9.31 Å². The van der Waals surface area contributed by atoms with E-state index in [-0.39, 0.29) is 0 Å². The number of hydrogen-bond acceptors (Lipinski definition) is 4. The van der Waals surface area contributed by atoms with Crippen molar-refractivity contribution in [3.63, 3.8) is 0 Å². The summed E-state index contributed by atoms with van der Waals surface area (Å²) < 4.78 is 25.5. The average Bonchev–Trinajstić information content (AvgIpc) is 2.99. The predicted molar refractivity (Wildman–Crippen MR) is 88.6 cm³/mol. The first kappa shape index (κ1) is 16.3. The fraction of sp³-hybridized carbons (Fsp3) is 0.588. The summed E-state index contributed by atoms with van der Waals surface area (Å²) in [7, 11) is -0.492. The second kappa shape index (κ2) is 5.50. The standard InChI is InChI=1S/C17H22BFN2O2/c1-16(2)17(3,4)23-18(22-16)13-5-6-15(12(9-13)10-20)21-8-7-14(19)11-21/h5-6,9,14H,7-8,11H2,1-4H3/t14-/m1/s1. The van der Waals surface area contributed by atoms with E-state index in [0.29, 0.717) is 25.1 Å². The van der Waals surface area contributed by atoms with Gasteiger partial charge < -0.3 is 14.2 Å². The van der Waals surface area contributed by atoms with E-state index in [1.54, 1.807) is 6.07 Å². The van der Waals surface area contributed by atoms with Crippen LogP contribution in [0, 0.1) is 11.3 Å². The van der Waals surface area contributed by atoms with Crippen LogP contribution in [-0.4, -0.2) is 37.6 Å². The fourth-order valence-electron chi connectivity index (χ4n) is 2.98. The fourth-order valence-corrected chi connectivity index (χ4v) is 2.98. The Kier molecular flexibility index (Phi) is 3.90. The van der Waals surface area contributed by atoms with Crippen molar-refractivity contribution >= 4 is 18.3 Å². The number of benzene rings is 1. The van der Waals surface area contributed by atoms with Crippen molar-refractivity contribution in [3.8, 4) is 6.07 Å². The lowest BCUT2D eigenvalue weighted by Gasteiger charge is -2.32. The van der Waals surface area contributed by atoms with E-state index in [2.05, 4.69) is 6.07 Å². The van der Waals surface area contributed by atoms with Gasteiger partial charge in [0.15, 0.2) is 0 Å². The van der Waals surface area contributed by atoms with Crippen molar-refractivity contribution in [1.29, 1.82) is 5.26 Å². The molecule has 0 radical (unpaired) electrons. The van der Waals surface area contributed by atoms with Gasteiger partial charge in [-0.2, -0.15) is 5.26 Å². The van der Waals surface area contributed by atoms with Crippen molar-refractivity contribution in [3.05, 3.63) is 23.8 Å². The normalized spacial score (nSPS) is 25.7. The summed E-state index contributed by atoms with van der Waals surface area (Å²) in [5.74, 6) is 0. The first-order chi connectivity index (χ1) is 10.7.